The zero-order chi connectivity index (χ0) is 13.0. The van der Waals surface area contributed by atoms with Crippen molar-refractivity contribution in [3.8, 4) is 0 Å². The molecule has 16 heavy (non-hydrogen) atoms. The summed E-state index contributed by atoms with van der Waals surface area (Å²) in [5.41, 5.74) is -2.88. The molecule has 0 saturated heterocycles. The second-order valence-electron chi connectivity index (χ2n) is 6.35. The summed E-state index contributed by atoms with van der Waals surface area (Å²) in [7, 11) is 0. The van der Waals surface area contributed by atoms with E-state index in [0.717, 1.165) is 12.8 Å². The number of alkyl halides is 4. The lowest BCUT2D eigenvalue weighted by Crippen LogP contribution is -2.56. The molecule has 0 radical (unpaired) electrons. The highest BCUT2D eigenvalue weighted by atomic mass is 127. The van der Waals surface area contributed by atoms with Crippen LogP contribution < -0.4 is 0 Å². The van der Waals surface area contributed by atoms with Crippen LogP contribution in [0, 0.1) is 16.7 Å². The number of halogens is 4. The fraction of sp³-hybridized carbons (Fsp3) is 1.00. The van der Waals surface area contributed by atoms with Crippen molar-refractivity contribution < 1.29 is 13.2 Å². The molecule has 0 aromatic carbocycles. The summed E-state index contributed by atoms with van der Waals surface area (Å²) in [6.45, 7) is 7.10. The highest BCUT2D eigenvalue weighted by molar-refractivity contribution is 14.1. The van der Waals surface area contributed by atoms with Gasteiger partial charge in [0.1, 0.15) is 0 Å². The third kappa shape index (κ3) is 1.99. The maximum absolute atomic E-state index is 14.6. The van der Waals surface area contributed by atoms with Crippen LogP contribution in [0.4, 0.5) is 13.2 Å². The predicted molar refractivity (Wildman–Crippen MR) is 68.8 cm³/mol. The fourth-order valence-corrected chi connectivity index (χ4v) is 3.06. The van der Waals surface area contributed by atoms with Gasteiger partial charge >= 0.3 is 0 Å². The lowest BCUT2D eigenvalue weighted by atomic mass is 9.68. The van der Waals surface area contributed by atoms with E-state index in [4.69, 9.17) is 0 Å². The SMILES string of the molecule is CC(C)(C)C(F)(F)C(C)(C)C(F)(I)C1CC1. The smallest absolute Gasteiger partial charge is 0.231 e. The summed E-state index contributed by atoms with van der Waals surface area (Å²) in [6, 6.07) is 0. The topological polar surface area (TPSA) is 0 Å². The minimum atomic E-state index is -3.04. The molecule has 96 valence electrons. The van der Waals surface area contributed by atoms with Gasteiger partial charge in [-0.25, -0.2) is 13.2 Å². The molecule has 0 N–H and O–H groups in total. The van der Waals surface area contributed by atoms with Crippen molar-refractivity contribution in [2.45, 2.75) is 57.1 Å². The van der Waals surface area contributed by atoms with Crippen LogP contribution in [-0.2, 0) is 0 Å². The zero-order valence-corrected chi connectivity index (χ0v) is 12.7. The van der Waals surface area contributed by atoms with E-state index in [1.54, 1.807) is 22.6 Å². The Kier molecular flexibility index (Phi) is 3.42. The highest BCUT2D eigenvalue weighted by Gasteiger charge is 2.67. The Morgan fingerprint density at radius 1 is 0.938 bits per heavy atom. The van der Waals surface area contributed by atoms with Crippen LogP contribution in [0.2, 0.25) is 0 Å². The Balaban J connectivity index is 3.09. The maximum atomic E-state index is 14.6. The predicted octanol–water partition coefficient (Wildman–Crippen LogP) is 5.20. The summed E-state index contributed by atoms with van der Waals surface area (Å²) in [5, 5.41) is 0. The Bertz CT molecular complexity index is 272. The van der Waals surface area contributed by atoms with Crippen LogP contribution in [0.1, 0.15) is 47.5 Å². The summed E-state index contributed by atoms with van der Waals surface area (Å²) < 4.78 is 41.4. The van der Waals surface area contributed by atoms with Crippen molar-refractivity contribution in [1.29, 1.82) is 0 Å². The van der Waals surface area contributed by atoms with Crippen LogP contribution >= 0.6 is 22.6 Å². The van der Waals surface area contributed by atoms with Gasteiger partial charge in [-0.3, -0.25) is 0 Å². The van der Waals surface area contributed by atoms with Crippen LogP contribution in [0.3, 0.4) is 0 Å². The molecule has 1 aliphatic rings. The summed E-state index contributed by atoms with van der Waals surface area (Å²) >= 11 is 1.59. The molecular formula is C12H20F3I. The molecule has 0 aromatic heterocycles. The van der Waals surface area contributed by atoms with E-state index < -0.39 is 20.4 Å². The van der Waals surface area contributed by atoms with Crippen molar-refractivity contribution in [2.24, 2.45) is 16.7 Å². The quantitative estimate of drug-likeness (QED) is 0.486. The average Bonchev–Trinajstić information content (AvgIpc) is 2.82. The van der Waals surface area contributed by atoms with E-state index in [0.29, 0.717) is 0 Å². The van der Waals surface area contributed by atoms with Crippen molar-refractivity contribution in [2.75, 3.05) is 0 Å². The third-order valence-electron chi connectivity index (χ3n) is 3.65. The largest absolute Gasteiger partial charge is 0.261 e. The molecule has 1 rings (SSSR count). The summed E-state index contributed by atoms with van der Waals surface area (Å²) in [5.74, 6) is -3.25. The van der Waals surface area contributed by atoms with E-state index >= 15 is 0 Å². The van der Waals surface area contributed by atoms with Gasteiger partial charge in [0.05, 0.1) is 5.41 Å². The molecule has 1 aliphatic carbocycles. The molecule has 4 heteroatoms. The lowest BCUT2D eigenvalue weighted by Gasteiger charge is -2.48. The van der Waals surface area contributed by atoms with E-state index in [1.165, 1.54) is 34.6 Å². The van der Waals surface area contributed by atoms with Crippen molar-refractivity contribution >= 4 is 22.6 Å². The molecule has 0 aliphatic heterocycles. The van der Waals surface area contributed by atoms with E-state index in [2.05, 4.69) is 0 Å². The van der Waals surface area contributed by atoms with Gasteiger partial charge in [-0.15, -0.1) is 0 Å². The molecule has 1 unspecified atom stereocenters. The minimum Gasteiger partial charge on any atom is -0.231 e. The van der Waals surface area contributed by atoms with E-state index in [9.17, 15) is 13.2 Å². The molecule has 0 amide bonds. The van der Waals surface area contributed by atoms with Gasteiger partial charge in [-0.1, -0.05) is 34.6 Å². The first-order valence-electron chi connectivity index (χ1n) is 5.61. The fourth-order valence-electron chi connectivity index (χ4n) is 2.10. The van der Waals surface area contributed by atoms with Gasteiger partial charge in [0.15, 0.2) is 3.68 Å². The van der Waals surface area contributed by atoms with Crippen molar-refractivity contribution in [1.82, 2.24) is 0 Å². The van der Waals surface area contributed by atoms with Gasteiger partial charge in [0.2, 0.25) is 0 Å². The number of rotatable bonds is 3. The van der Waals surface area contributed by atoms with Crippen LogP contribution in [-0.4, -0.2) is 9.60 Å². The summed E-state index contributed by atoms with van der Waals surface area (Å²) in [4.78, 5) is 0. The van der Waals surface area contributed by atoms with E-state index in [-0.39, 0.29) is 5.92 Å². The second kappa shape index (κ2) is 3.75. The lowest BCUT2D eigenvalue weighted by molar-refractivity contribution is -0.208. The minimum absolute atomic E-state index is 0.212. The Morgan fingerprint density at radius 2 is 1.31 bits per heavy atom. The monoisotopic (exact) mass is 348 g/mol. The van der Waals surface area contributed by atoms with Crippen LogP contribution in [0.25, 0.3) is 0 Å². The molecule has 1 saturated carbocycles. The summed E-state index contributed by atoms with van der Waals surface area (Å²) in [6.07, 6.45) is 1.45. The van der Waals surface area contributed by atoms with Crippen LogP contribution in [0.5, 0.6) is 0 Å². The number of hydrogen-bond acceptors (Lipinski definition) is 0. The van der Waals surface area contributed by atoms with Gasteiger partial charge in [-0.05, 0) is 35.4 Å². The Morgan fingerprint density at radius 3 is 1.56 bits per heavy atom. The molecule has 0 spiro atoms. The standard InChI is InChI=1S/C12H20F3I/c1-9(2,3)12(14,15)10(4,5)11(13,16)8-6-7-8/h8H,6-7H2,1-5H3. The first-order valence-corrected chi connectivity index (χ1v) is 6.69. The van der Waals surface area contributed by atoms with Gasteiger partial charge in [0, 0.05) is 11.3 Å². The number of hydrogen-bond donors (Lipinski definition) is 0. The molecule has 0 aromatic rings. The molecule has 0 nitrogen and oxygen atoms in total. The van der Waals surface area contributed by atoms with Crippen LogP contribution in [0.15, 0.2) is 0 Å². The maximum Gasteiger partial charge on any atom is 0.261 e. The molecular weight excluding hydrogens is 328 g/mol. The third-order valence-corrected chi connectivity index (χ3v) is 5.88. The zero-order valence-electron chi connectivity index (χ0n) is 10.5. The highest BCUT2D eigenvalue weighted by Crippen LogP contribution is 2.63. The molecule has 0 heterocycles. The molecule has 1 fully saturated rings. The van der Waals surface area contributed by atoms with E-state index in [1.807, 2.05) is 0 Å². The Labute approximate surface area is 110 Å². The molecule has 1 atom stereocenters. The first kappa shape index (κ1) is 14.6. The van der Waals surface area contributed by atoms with Gasteiger partial charge in [-0.2, -0.15) is 0 Å². The molecule has 0 bridgehead atoms. The van der Waals surface area contributed by atoms with Crippen molar-refractivity contribution in [3.63, 3.8) is 0 Å². The normalized spacial score (nSPS) is 23.1. The second-order valence-corrected chi connectivity index (χ2v) is 7.92. The average molecular weight is 348 g/mol. The van der Waals surface area contributed by atoms with Gasteiger partial charge in [0.25, 0.3) is 5.92 Å². The van der Waals surface area contributed by atoms with Gasteiger partial charge < -0.3 is 0 Å². The Hall–Kier alpha value is 0.520. The van der Waals surface area contributed by atoms with Crippen molar-refractivity contribution in [3.05, 3.63) is 0 Å². The first-order chi connectivity index (χ1) is 6.86.